The Labute approximate surface area is 200 Å². The number of thiazole rings is 1. The molecule has 0 aliphatic carbocycles. The standard InChI is InChI=1S/C25H26F3N3O2S/c1-3-9-29-17(2)21-15-34-24(30-21)14-31(12-18-5-4-6-20(10-18)25(26,27)28)13-19-7-8-22-23(11-19)33-16-32-22/h4-8,10-11,15,29H,2-3,9,12-14,16H2,1H3. The minimum atomic E-state index is -4.38. The summed E-state index contributed by atoms with van der Waals surface area (Å²) < 4.78 is 50.6. The summed E-state index contributed by atoms with van der Waals surface area (Å²) in [7, 11) is 0. The van der Waals surface area contributed by atoms with E-state index in [-0.39, 0.29) is 6.79 Å². The molecule has 2 heterocycles. The lowest BCUT2D eigenvalue weighted by atomic mass is 10.1. The minimum Gasteiger partial charge on any atom is -0.454 e. The van der Waals surface area contributed by atoms with Crippen LogP contribution in [0.1, 0.15) is 40.7 Å². The van der Waals surface area contributed by atoms with Crippen molar-refractivity contribution in [3.05, 3.63) is 81.8 Å². The third-order valence-electron chi connectivity index (χ3n) is 5.31. The van der Waals surface area contributed by atoms with Gasteiger partial charge in [-0.3, -0.25) is 4.90 Å². The second kappa shape index (κ2) is 10.5. The van der Waals surface area contributed by atoms with Crippen molar-refractivity contribution >= 4 is 17.0 Å². The molecule has 5 nitrogen and oxygen atoms in total. The molecule has 0 radical (unpaired) electrons. The molecule has 180 valence electrons. The number of hydrogen-bond donors (Lipinski definition) is 1. The van der Waals surface area contributed by atoms with E-state index in [4.69, 9.17) is 14.5 Å². The third kappa shape index (κ3) is 6.09. The molecule has 1 aromatic heterocycles. The first kappa shape index (κ1) is 24.1. The van der Waals surface area contributed by atoms with Crippen molar-refractivity contribution in [3.63, 3.8) is 0 Å². The van der Waals surface area contributed by atoms with Crippen LogP contribution in [0.25, 0.3) is 5.70 Å². The van der Waals surface area contributed by atoms with Crippen molar-refractivity contribution in [3.8, 4) is 11.5 Å². The van der Waals surface area contributed by atoms with Gasteiger partial charge in [0.15, 0.2) is 11.5 Å². The average Bonchev–Trinajstić information content (AvgIpc) is 3.46. The number of hydrogen-bond acceptors (Lipinski definition) is 6. The van der Waals surface area contributed by atoms with Crippen molar-refractivity contribution in [2.75, 3.05) is 13.3 Å². The Bertz CT molecular complexity index is 1150. The predicted octanol–water partition coefficient (Wildman–Crippen LogP) is 6.06. The van der Waals surface area contributed by atoms with Crippen molar-refractivity contribution in [2.45, 2.75) is 39.2 Å². The topological polar surface area (TPSA) is 46.6 Å². The van der Waals surface area contributed by atoms with E-state index in [0.29, 0.717) is 36.7 Å². The summed E-state index contributed by atoms with van der Waals surface area (Å²) in [5.74, 6) is 1.36. The fourth-order valence-corrected chi connectivity index (χ4v) is 4.50. The highest BCUT2D eigenvalue weighted by Crippen LogP contribution is 2.33. The summed E-state index contributed by atoms with van der Waals surface area (Å²) in [6, 6.07) is 11.2. The van der Waals surface area contributed by atoms with E-state index in [0.717, 1.165) is 41.0 Å². The molecule has 0 bridgehead atoms. The lowest BCUT2D eigenvalue weighted by Crippen LogP contribution is -2.23. The van der Waals surface area contributed by atoms with Gasteiger partial charge in [0.1, 0.15) is 5.01 Å². The van der Waals surface area contributed by atoms with Gasteiger partial charge >= 0.3 is 6.18 Å². The number of nitrogens with zero attached hydrogens (tertiary/aromatic N) is 2. The lowest BCUT2D eigenvalue weighted by molar-refractivity contribution is -0.137. The molecule has 1 aliphatic rings. The molecule has 3 aromatic rings. The molecule has 4 rings (SSSR count). The number of alkyl halides is 3. The quantitative estimate of drug-likeness (QED) is 0.375. The number of halogens is 3. The van der Waals surface area contributed by atoms with Crippen molar-refractivity contribution in [1.82, 2.24) is 15.2 Å². The molecule has 1 aliphatic heterocycles. The minimum absolute atomic E-state index is 0.185. The van der Waals surface area contributed by atoms with Crippen LogP contribution < -0.4 is 14.8 Å². The largest absolute Gasteiger partial charge is 0.454 e. The van der Waals surface area contributed by atoms with Gasteiger partial charge in [-0.1, -0.05) is 37.8 Å². The maximum absolute atomic E-state index is 13.2. The summed E-state index contributed by atoms with van der Waals surface area (Å²) in [5, 5.41) is 6.05. The Balaban J connectivity index is 1.54. The molecule has 34 heavy (non-hydrogen) atoms. The SMILES string of the molecule is C=C(NCCC)c1csc(CN(Cc2cccc(C(F)(F)F)c2)Cc2ccc3c(c2)OCO3)n1. The van der Waals surface area contributed by atoms with Crippen molar-refractivity contribution < 1.29 is 22.6 Å². The second-order valence-corrected chi connectivity index (χ2v) is 9.01. The predicted molar refractivity (Wildman–Crippen MR) is 126 cm³/mol. The Morgan fingerprint density at radius 1 is 1.09 bits per heavy atom. The highest BCUT2D eigenvalue weighted by Gasteiger charge is 2.30. The van der Waals surface area contributed by atoms with Gasteiger partial charge in [-0.2, -0.15) is 13.2 Å². The summed E-state index contributed by atoms with van der Waals surface area (Å²) in [6.45, 7) is 8.45. The molecule has 0 spiro atoms. The molecule has 0 unspecified atom stereocenters. The Kier molecular flexibility index (Phi) is 7.43. The zero-order valence-electron chi connectivity index (χ0n) is 18.8. The van der Waals surface area contributed by atoms with Crippen LogP contribution in [0.4, 0.5) is 13.2 Å². The molecular formula is C25H26F3N3O2S. The first-order valence-electron chi connectivity index (χ1n) is 11.0. The third-order valence-corrected chi connectivity index (χ3v) is 6.15. The van der Waals surface area contributed by atoms with Gasteiger partial charge in [-0.05, 0) is 35.7 Å². The average molecular weight is 490 g/mol. The van der Waals surface area contributed by atoms with Gasteiger partial charge in [-0.15, -0.1) is 11.3 Å². The Morgan fingerprint density at radius 3 is 2.62 bits per heavy atom. The first-order chi connectivity index (χ1) is 16.3. The molecule has 0 saturated heterocycles. The zero-order chi connectivity index (χ0) is 24.1. The highest BCUT2D eigenvalue weighted by molar-refractivity contribution is 7.09. The van der Waals surface area contributed by atoms with Gasteiger partial charge in [0, 0.05) is 25.0 Å². The fourth-order valence-electron chi connectivity index (χ4n) is 3.65. The van der Waals surface area contributed by atoms with Crippen LogP contribution in [0.15, 0.2) is 54.4 Å². The molecule has 9 heteroatoms. The van der Waals surface area contributed by atoms with Crippen LogP contribution in [-0.4, -0.2) is 23.2 Å². The molecule has 0 amide bonds. The fraction of sp³-hybridized carbons (Fsp3) is 0.320. The molecule has 1 N–H and O–H groups in total. The summed E-state index contributed by atoms with van der Waals surface area (Å²) >= 11 is 1.51. The van der Waals surface area contributed by atoms with E-state index in [2.05, 4.69) is 23.7 Å². The Morgan fingerprint density at radius 2 is 1.85 bits per heavy atom. The second-order valence-electron chi connectivity index (χ2n) is 8.06. The Hall–Kier alpha value is -3.04. The van der Waals surface area contributed by atoms with E-state index in [1.807, 2.05) is 23.6 Å². The molecule has 2 aromatic carbocycles. The first-order valence-corrected chi connectivity index (χ1v) is 11.8. The van der Waals surface area contributed by atoms with E-state index in [9.17, 15) is 13.2 Å². The van der Waals surface area contributed by atoms with Crippen LogP contribution in [0.2, 0.25) is 0 Å². The summed E-state index contributed by atoms with van der Waals surface area (Å²) in [5.41, 5.74) is 2.46. The summed E-state index contributed by atoms with van der Waals surface area (Å²) in [4.78, 5) is 6.76. The van der Waals surface area contributed by atoms with Gasteiger partial charge in [-0.25, -0.2) is 4.98 Å². The molecule has 0 saturated carbocycles. The monoisotopic (exact) mass is 489 g/mol. The summed E-state index contributed by atoms with van der Waals surface area (Å²) in [6.07, 6.45) is -3.40. The molecule has 0 fully saturated rings. The number of rotatable bonds is 10. The van der Waals surface area contributed by atoms with Crippen LogP contribution in [0, 0.1) is 0 Å². The molecular weight excluding hydrogens is 463 g/mol. The van der Waals surface area contributed by atoms with Gasteiger partial charge in [0.2, 0.25) is 6.79 Å². The van der Waals surface area contributed by atoms with Crippen molar-refractivity contribution in [2.24, 2.45) is 0 Å². The normalized spacial score (nSPS) is 12.9. The maximum atomic E-state index is 13.2. The van der Waals surface area contributed by atoms with Gasteiger partial charge < -0.3 is 14.8 Å². The van der Waals surface area contributed by atoms with Crippen LogP contribution in [-0.2, 0) is 25.8 Å². The molecule has 0 atom stereocenters. The van der Waals surface area contributed by atoms with Crippen LogP contribution >= 0.6 is 11.3 Å². The number of aromatic nitrogens is 1. The van der Waals surface area contributed by atoms with E-state index >= 15 is 0 Å². The number of benzene rings is 2. The highest BCUT2D eigenvalue weighted by atomic mass is 32.1. The van der Waals surface area contributed by atoms with Crippen molar-refractivity contribution in [1.29, 1.82) is 0 Å². The van der Waals surface area contributed by atoms with Gasteiger partial charge in [0.05, 0.1) is 23.5 Å². The van der Waals surface area contributed by atoms with E-state index in [1.54, 1.807) is 6.07 Å². The smallest absolute Gasteiger partial charge is 0.416 e. The van der Waals surface area contributed by atoms with Crippen LogP contribution in [0.3, 0.4) is 0 Å². The van der Waals surface area contributed by atoms with Gasteiger partial charge in [0.25, 0.3) is 0 Å². The number of fused-ring (bicyclic) bond motifs is 1. The number of nitrogens with one attached hydrogen (secondary N) is 1. The van der Waals surface area contributed by atoms with Crippen LogP contribution in [0.5, 0.6) is 11.5 Å². The van der Waals surface area contributed by atoms with E-state index in [1.165, 1.54) is 23.5 Å². The van der Waals surface area contributed by atoms with E-state index < -0.39 is 11.7 Å². The number of ether oxygens (including phenoxy) is 2. The maximum Gasteiger partial charge on any atom is 0.416 e. The zero-order valence-corrected chi connectivity index (χ0v) is 19.6. The lowest BCUT2D eigenvalue weighted by Gasteiger charge is -2.22.